The fourth-order valence-corrected chi connectivity index (χ4v) is 2.54. The standard InChI is InChI=1S/C16H20O2/c1-5-9-14(17-4)12-10-7-8-11-13(12)16(3)15(6-2)18-16/h7-8,10-11,14-15H,6H2,1-4H3. The summed E-state index contributed by atoms with van der Waals surface area (Å²) in [5.41, 5.74) is 2.15. The first kappa shape index (κ1) is 13.1. The topological polar surface area (TPSA) is 21.8 Å². The van der Waals surface area contributed by atoms with Gasteiger partial charge in [-0.05, 0) is 31.4 Å². The maximum atomic E-state index is 5.85. The number of hydrogen-bond acceptors (Lipinski definition) is 2. The van der Waals surface area contributed by atoms with Gasteiger partial charge in [0.2, 0.25) is 0 Å². The summed E-state index contributed by atoms with van der Waals surface area (Å²) in [4.78, 5) is 0. The molecule has 0 saturated carbocycles. The van der Waals surface area contributed by atoms with Gasteiger partial charge in [0.15, 0.2) is 0 Å². The van der Waals surface area contributed by atoms with Crippen LogP contribution in [0, 0.1) is 11.8 Å². The normalized spacial score (nSPS) is 27.2. The van der Waals surface area contributed by atoms with Gasteiger partial charge in [-0.15, -0.1) is 5.92 Å². The van der Waals surface area contributed by atoms with Crippen molar-refractivity contribution in [3.63, 3.8) is 0 Å². The monoisotopic (exact) mass is 244 g/mol. The van der Waals surface area contributed by atoms with E-state index in [9.17, 15) is 0 Å². The third-order valence-corrected chi connectivity index (χ3v) is 3.60. The second-order valence-electron chi connectivity index (χ2n) is 4.72. The molecule has 0 amide bonds. The Morgan fingerprint density at radius 3 is 2.72 bits per heavy atom. The molecule has 0 radical (unpaired) electrons. The van der Waals surface area contributed by atoms with Crippen molar-refractivity contribution in [2.75, 3.05) is 7.11 Å². The highest BCUT2D eigenvalue weighted by molar-refractivity contribution is 5.40. The molecular formula is C16H20O2. The van der Waals surface area contributed by atoms with Crippen molar-refractivity contribution in [1.82, 2.24) is 0 Å². The molecule has 96 valence electrons. The fraction of sp³-hybridized carbons (Fsp3) is 0.500. The van der Waals surface area contributed by atoms with Gasteiger partial charge in [0.25, 0.3) is 0 Å². The van der Waals surface area contributed by atoms with E-state index in [1.165, 1.54) is 5.56 Å². The zero-order valence-corrected chi connectivity index (χ0v) is 11.5. The van der Waals surface area contributed by atoms with E-state index in [1.807, 2.05) is 19.1 Å². The zero-order chi connectivity index (χ0) is 13.2. The van der Waals surface area contributed by atoms with Gasteiger partial charge >= 0.3 is 0 Å². The smallest absolute Gasteiger partial charge is 0.143 e. The first-order valence-electron chi connectivity index (χ1n) is 6.39. The van der Waals surface area contributed by atoms with Gasteiger partial charge in [0, 0.05) is 7.11 Å². The minimum atomic E-state index is -0.176. The van der Waals surface area contributed by atoms with Gasteiger partial charge in [0.05, 0.1) is 6.10 Å². The lowest BCUT2D eigenvalue weighted by Crippen LogP contribution is -2.13. The molecular weight excluding hydrogens is 224 g/mol. The van der Waals surface area contributed by atoms with Gasteiger partial charge in [-0.25, -0.2) is 0 Å². The molecule has 3 unspecified atom stereocenters. The Balaban J connectivity index is 2.40. The molecule has 1 aliphatic heterocycles. The Bertz CT molecular complexity index is 483. The number of epoxide rings is 1. The van der Waals surface area contributed by atoms with Crippen molar-refractivity contribution in [1.29, 1.82) is 0 Å². The molecule has 1 heterocycles. The fourth-order valence-electron chi connectivity index (χ4n) is 2.54. The van der Waals surface area contributed by atoms with Crippen LogP contribution < -0.4 is 0 Å². The summed E-state index contributed by atoms with van der Waals surface area (Å²) in [7, 11) is 1.69. The predicted octanol–water partition coefficient (Wildman–Crippen LogP) is 3.42. The van der Waals surface area contributed by atoms with E-state index in [-0.39, 0.29) is 11.7 Å². The summed E-state index contributed by atoms with van der Waals surface area (Å²) in [6.07, 6.45) is 1.16. The van der Waals surface area contributed by atoms with Crippen molar-refractivity contribution in [2.45, 2.75) is 45.0 Å². The van der Waals surface area contributed by atoms with Gasteiger partial charge in [0.1, 0.15) is 11.7 Å². The minimum absolute atomic E-state index is 0.169. The molecule has 0 N–H and O–H groups in total. The van der Waals surface area contributed by atoms with Crippen LogP contribution in [-0.2, 0) is 15.1 Å². The highest BCUT2D eigenvalue weighted by Gasteiger charge is 2.53. The maximum absolute atomic E-state index is 5.85. The Hall–Kier alpha value is -1.30. The molecule has 0 bridgehead atoms. The van der Waals surface area contributed by atoms with Gasteiger partial charge in [-0.3, -0.25) is 0 Å². The quantitative estimate of drug-likeness (QED) is 0.598. The number of benzene rings is 1. The van der Waals surface area contributed by atoms with Crippen molar-refractivity contribution in [3.05, 3.63) is 35.4 Å². The molecule has 1 aliphatic rings. The van der Waals surface area contributed by atoms with Crippen LogP contribution in [0.3, 0.4) is 0 Å². The van der Waals surface area contributed by atoms with Crippen LogP contribution in [-0.4, -0.2) is 13.2 Å². The number of methoxy groups -OCH3 is 1. The number of hydrogen-bond donors (Lipinski definition) is 0. The van der Waals surface area contributed by atoms with Gasteiger partial charge in [-0.1, -0.05) is 37.1 Å². The Labute approximate surface area is 109 Å². The largest absolute Gasteiger partial charge is 0.364 e. The van der Waals surface area contributed by atoms with E-state index in [2.05, 4.69) is 37.8 Å². The van der Waals surface area contributed by atoms with E-state index in [0.717, 1.165) is 12.0 Å². The molecule has 1 saturated heterocycles. The predicted molar refractivity (Wildman–Crippen MR) is 72.2 cm³/mol. The number of rotatable bonds is 4. The number of ether oxygens (including phenoxy) is 2. The molecule has 0 aromatic heterocycles. The second kappa shape index (κ2) is 5.14. The van der Waals surface area contributed by atoms with Crippen LogP contribution in [0.5, 0.6) is 0 Å². The van der Waals surface area contributed by atoms with Crippen LogP contribution in [0.15, 0.2) is 24.3 Å². The Morgan fingerprint density at radius 2 is 2.17 bits per heavy atom. The van der Waals surface area contributed by atoms with E-state index >= 15 is 0 Å². The molecule has 1 aromatic rings. The van der Waals surface area contributed by atoms with Crippen molar-refractivity contribution in [3.8, 4) is 11.8 Å². The van der Waals surface area contributed by atoms with E-state index in [1.54, 1.807) is 7.11 Å². The average Bonchev–Trinajstić information content (AvgIpc) is 3.08. The SMILES string of the molecule is CC#CC(OC)c1ccccc1C1(C)OC1CC. The minimum Gasteiger partial charge on any atom is -0.364 e. The molecule has 2 heteroatoms. The van der Waals surface area contributed by atoms with E-state index in [4.69, 9.17) is 9.47 Å². The molecule has 0 aliphatic carbocycles. The highest BCUT2D eigenvalue weighted by atomic mass is 16.6. The molecule has 0 spiro atoms. The average molecular weight is 244 g/mol. The highest BCUT2D eigenvalue weighted by Crippen LogP contribution is 2.49. The van der Waals surface area contributed by atoms with Crippen LogP contribution in [0.2, 0.25) is 0 Å². The van der Waals surface area contributed by atoms with Crippen LogP contribution >= 0.6 is 0 Å². The zero-order valence-electron chi connectivity index (χ0n) is 11.5. The Morgan fingerprint density at radius 1 is 1.44 bits per heavy atom. The Kier molecular flexibility index (Phi) is 3.75. The lowest BCUT2D eigenvalue weighted by molar-refractivity contribution is 0.148. The summed E-state index contributed by atoms with van der Waals surface area (Å²) in [6, 6.07) is 8.27. The summed E-state index contributed by atoms with van der Waals surface area (Å²) >= 11 is 0. The molecule has 2 rings (SSSR count). The first-order valence-corrected chi connectivity index (χ1v) is 6.39. The summed E-state index contributed by atoms with van der Waals surface area (Å²) in [5, 5.41) is 0. The van der Waals surface area contributed by atoms with Gasteiger partial charge < -0.3 is 9.47 Å². The third kappa shape index (κ3) is 2.16. The van der Waals surface area contributed by atoms with Crippen molar-refractivity contribution < 1.29 is 9.47 Å². The molecule has 2 nitrogen and oxygen atoms in total. The second-order valence-corrected chi connectivity index (χ2v) is 4.72. The van der Waals surface area contributed by atoms with Crippen molar-refractivity contribution >= 4 is 0 Å². The molecule has 3 atom stereocenters. The summed E-state index contributed by atoms with van der Waals surface area (Å²) < 4.78 is 11.3. The van der Waals surface area contributed by atoms with E-state index < -0.39 is 0 Å². The summed E-state index contributed by atoms with van der Waals surface area (Å²) in [6.45, 7) is 6.13. The van der Waals surface area contributed by atoms with Crippen LogP contribution in [0.4, 0.5) is 0 Å². The molecule has 1 fully saturated rings. The van der Waals surface area contributed by atoms with Crippen LogP contribution in [0.1, 0.15) is 44.4 Å². The van der Waals surface area contributed by atoms with Crippen LogP contribution in [0.25, 0.3) is 0 Å². The lowest BCUT2D eigenvalue weighted by atomic mass is 9.89. The molecule has 1 aromatic carbocycles. The molecule has 18 heavy (non-hydrogen) atoms. The first-order chi connectivity index (χ1) is 8.67. The summed E-state index contributed by atoms with van der Waals surface area (Å²) in [5.74, 6) is 6.02. The maximum Gasteiger partial charge on any atom is 0.143 e. The van der Waals surface area contributed by atoms with Gasteiger partial charge in [-0.2, -0.15) is 0 Å². The lowest BCUT2D eigenvalue weighted by Gasteiger charge is -2.17. The van der Waals surface area contributed by atoms with E-state index in [0.29, 0.717) is 6.10 Å². The van der Waals surface area contributed by atoms with Crippen molar-refractivity contribution in [2.24, 2.45) is 0 Å². The third-order valence-electron chi connectivity index (χ3n) is 3.60.